The van der Waals surface area contributed by atoms with Gasteiger partial charge in [0.05, 0.1) is 26.2 Å². The normalized spacial score (nSPS) is 18.1. The zero-order chi connectivity index (χ0) is 17.6. The van der Waals surface area contributed by atoms with E-state index in [-0.39, 0.29) is 11.9 Å². The van der Waals surface area contributed by atoms with Crippen molar-refractivity contribution < 1.29 is 18.8 Å². The van der Waals surface area contributed by atoms with Gasteiger partial charge in [-0.25, -0.2) is 0 Å². The van der Waals surface area contributed by atoms with Gasteiger partial charge in [0.1, 0.15) is 5.75 Å². The Kier molecular flexibility index (Phi) is 5.65. The van der Waals surface area contributed by atoms with Gasteiger partial charge < -0.3 is 14.0 Å². The summed E-state index contributed by atoms with van der Waals surface area (Å²) < 4.78 is 15.6. The minimum Gasteiger partial charge on any atom is -0.497 e. The highest BCUT2D eigenvalue weighted by Gasteiger charge is 2.27. The van der Waals surface area contributed by atoms with Crippen LogP contribution in [-0.4, -0.2) is 47.8 Å². The van der Waals surface area contributed by atoms with E-state index in [0.29, 0.717) is 31.4 Å². The van der Waals surface area contributed by atoms with E-state index in [1.807, 2.05) is 31.2 Å². The molecule has 7 heteroatoms. The average Bonchev–Trinajstić information content (AvgIpc) is 3.10. The van der Waals surface area contributed by atoms with Gasteiger partial charge in [-0.05, 0) is 50.6 Å². The van der Waals surface area contributed by atoms with E-state index in [1.54, 1.807) is 7.11 Å². The number of rotatable bonds is 6. The molecule has 1 saturated heterocycles. The molecule has 2 heterocycles. The maximum Gasteiger partial charge on any atom is 0.310 e. The van der Waals surface area contributed by atoms with Crippen LogP contribution in [0.4, 0.5) is 0 Å². The van der Waals surface area contributed by atoms with Crippen molar-refractivity contribution in [3.8, 4) is 17.2 Å². The highest BCUT2D eigenvalue weighted by Crippen LogP contribution is 2.22. The number of piperidine rings is 1. The topological polar surface area (TPSA) is 77.7 Å². The fourth-order valence-electron chi connectivity index (χ4n) is 3.02. The lowest BCUT2D eigenvalue weighted by Gasteiger charge is -2.30. The Morgan fingerprint density at radius 3 is 2.88 bits per heavy atom. The Morgan fingerprint density at radius 1 is 1.36 bits per heavy atom. The summed E-state index contributed by atoms with van der Waals surface area (Å²) in [6, 6.07) is 7.48. The molecule has 1 aliphatic heterocycles. The van der Waals surface area contributed by atoms with Gasteiger partial charge in [0.25, 0.3) is 5.89 Å². The van der Waals surface area contributed by atoms with Crippen molar-refractivity contribution in [2.24, 2.45) is 5.92 Å². The monoisotopic (exact) mass is 345 g/mol. The van der Waals surface area contributed by atoms with Crippen molar-refractivity contribution in [1.29, 1.82) is 0 Å². The van der Waals surface area contributed by atoms with Crippen molar-refractivity contribution in [1.82, 2.24) is 15.0 Å². The van der Waals surface area contributed by atoms with Crippen LogP contribution in [0.15, 0.2) is 28.8 Å². The molecule has 1 fully saturated rings. The Bertz CT molecular complexity index is 699. The second-order valence-corrected chi connectivity index (χ2v) is 6.07. The largest absolute Gasteiger partial charge is 0.497 e. The summed E-state index contributed by atoms with van der Waals surface area (Å²) in [6.07, 6.45) is 1.84. The van der Waals surface area contributed by atoms with E-state index in [0.717, 1.165) is 30.7 Å². The van der Waals surface area contributed by atoms with E-state index < -0.39 is 0 Å². The lowest BCUT2D eigenvalue weighted by Crippen LogP contribution is -2.39. The molecule has 3 rings (SSSR count). The first kappa shape index (κ1) is 17.4. The van der Waals surface area contributed by atoms with Crippen LogP contribution in [0.3, 0.4) is 0 Å². The third-order valence-corrected chi connectivity index (χ3v) is 4.30. The molecular formula is C18H23N3O4. The molecule has 25 heavy (non-hydrogen) atoms. The van der Waals surface area contributed by atoms with Gasteiger partial charge in [0.2, 0.25) is 0 Å². The van der Waals surface area contributed by atoms with Gasteiger partial charge in [-0.2, -0.15) is 4.98 Å². The van der Waals surface area contributed by atoms with E-state index in [2.05, 4.69) is 15.0 Å². The number of esters is 1. The second kappa shape index (κ2) is 8.11. The number of hydrogen-bond acceptors (Lipinski definition) is 7. The van der Waals surface area contributed by atoms with Crippen molar-refractivity contribution in [2.75, 3.05) is 26.8 Å². The van der Waals surface area contributed by atoms with Gasteiger partial charge in [-0.15, -0.1) is 0 Å². The number of methoxy groups -OCH3 is 1. The summed E-state index contributed by atoms with van der Waals surface area (Å²) >= 11 is 0. The number of aromatic nitrogens is 2. The van der Waals surface area contributed by atoms with Crippen LogP contribution in [0.5, 0.6) is 5.75 Å². The summed E-state index contributed by atoms with van der Waals surface area (Å²) in [5, 5.41) is 4.06. The van der Waals surface area contributed by atoms with E-state index >= 15 is 0 Å². The maximum absolute atomic E-state index is 11.9. The third kappa shape index (κ3) is 4.36. The van der Waals surface area contributed by atoms with Crippen molar-refractivity contribution in [3.05, 3.63) is 30.1 Å². The van der Waals surface area contributed by atoms with Gasteiger partial charge in [-0.3, -0.25) is 9.69 Å². The first-order valence-electron chi connectivity index (χ1n) is 8.55. The lowest BCUT2D eigenvalue weighted by atomic mass is 9.98. The molecule has 0 spiro atoms. The van der Waals surface area contributed by atoms with Crippen LogP contribution in [-0.2, 0) is 16.1 Å². The minimum absolute atomic E-state index is 0.0679. The molecule has 2 aromatic rings. The predicted octanol–water partition coefficient (Wildman–Crippen LogP) is 2.52. The van der Waals surface area contributed by atoms with Gasteiger partial charge in [-0.1, -0.05) is 5.16 Å². The Balaban J connectivity index is 1.61. The first-order valence-corrected chi connectivity index (χ1v) is 8.55. The molecule has 0 aliphatic carbocycles. The molecule has 0 radical (unpaired) electrons. The van der Waals surface area contributed by atoms with Gasteiger partial charge in [0, 0.05) is 12.1 Å². The van der Waals surface area contributed by atoms with Crippen LogP contribution in [0.2, 0.25) is 0 Å². The Labute approximate surface area is 146 Å². The second-order valence-electron chi connectivity index (χ2n) is 6.07. The van der Waals surface area contributed by atoms with Crippen LogP contribution >= 0.6 is 0 Å². The third-order valence-electron chi connectivity index (χ3n) is 4.30. The molecule has 0 amide bonds. The molecule has 134 valence electrons. The predicted molar refractivity (Wildman–Crippen MR) is 90.9 cm³/mol. The number of carbonyl (C=O) groups excluding carboxylic acids is 1. The Morgan fingerprint density at radius 2 is 2.16 bits per heavy atom. The summed E-state index contributed by atoms with van der Waals surface area (Å²) in [4.78, 5) is 18.6. The summed E-state index contributed by atoms with van der Waals surface area (Å²) in [7, 11) is 1.63. The first-order chi connectivity index (χ1) is 12.2. The fourth-order valence-corrected chi connectivity index (χ4v) is 3.02. The van der Waals surface area contributed by atoms with Gasteiger partial charge >= 0.3 is 5.97 Å². The summed E-state index contributed by atoms with van der Waals surface area (Å²) in [5.41, 5.74) is 0.850. The van der Waals surface area contributed by atoms with Gasteiger partial charge in [0.15, 0.2) is 5.82 Å². The molecular weight excluding hydrogens is 322 g/mol. The van der Waals surface area contributed by atoms with E-state index in [9.17, 15) is 4.79 Å². The fraction of sp³-hybridized carbons (Fsp3) is 0.500. The summed E-state index contributed by atoms with van der Waals surface area (Å²) in [5.74, 6) is 1.70. The molecule has 1 aromatic heterocycles. The molecule has 7 nitrogen and oxygen atoms in total. The van der Waals surface area contributed by atoms with E-state index in [1.165, 1.54) is 0 Å². The number of hydrogen-bond donors (Lipinski definition) is 0. The summed E-state index contributed by atoms with van der Waals surface area (Å²) in [6.45, 7) is 4.41. The van der Waals surface area contributed by atoms with E-state index in [4.69, 9.17) is 14.0 Å². The quantitative estimate of drug-likeness (QED) is 0.744. The molecule has 0 bridgehead atoms. The SMILES string of the molecule is CCOC(=O)[C@@H]1CCCN(Cc2noc(-c3ccc(OC)cc3)n2)C1. The lowest BCUT2D eigenvalue weighted by molar-refractivity contribution is -0.150. The van der Waals surface area contributed by atoms with Crippen LogP contribution in [0, 0.1) is 5.92 Å². The smallest absolute Gasteiger partial charge is 0.310 e. The molecule has 1 aromatic carbocycles. The van der Waals surface area contributed by atoms with Crippen molar-refractivity contribution in [3.63, 3.8) is 0 Å². The standard InChI is InChI=1S/C18H23N3O4/c1-3-24-18(22)14-5-4-10-21(11-14)12-16-19-17(25-20-16)13-6-8-15(23-2)9-7-13/h6-9,14H,3-5,10-12H2,1-2H3/t14-/m1/s1. The molecule has 1 atom stereocenters. The number of carbonyl (C=O) groups is 1. The highest BCUT2D eigenvalue weighted by atomic mass is 16.5. The van der Waals surface area contributed by atoms with Crippen LogP contribution in [0.25, 0.3) is 11.5 Å². The maximum atomic E-state index is 11.9. The molecule has 0 unspecified atom stereocenters. The zero-order valence-electron chi connectivity index (χ0n) is 14.6. The zero-order valence-corrected chi connectivity index (χ0v) is 14.6. The van der Waals surface area contributed by atoms with Crippen molar-refractivity contribution in [2.45, 2.75) is 26.3 Å². The highest BCUT2D eigenvalue weighted by molar-refractivity contribution is 5.72. The molecule has 1 aliphatic rings. The molecule has 0 N–H and O–H groups in total. The number of ether oxygens (including phenoxy) is 2. The Hall–Kier alpha value is -2.41. The number of nitrogens with zero attached hydrogens (tertiary/aromatic N) is 3. The number of likely N-dealkylation sites (tertiary alicyclic amines) is 1. The minimum atomic E-state index is -0.112. The van der Waals surface area contributed by atoms with Crippen LogP contribution < -0.4 is 4.74 Å². The average molecular weight is 345 g/mol. The molecule has 0 saturated carbocycles. The van der Waals surface area contributed by atoms with Crippen molar-refractivity contribution >= 4 is 5.97 Å². The number of benzene rings is 1. The van der Waals surface area contributed by atoms with Crippen LogP contribution in [0.1, 0.15) is 25.6 Å².